The summed E-state index contributed by atoms with van der Waals surface area (Å²) in [4.78, 5) is 32.8. The number of morpholine rings is 1. The molecule has 2 aliphatic heterocycles. The van der Waals surface area contributed by atoms with Crippen LogP contribution in [0, 0.1) is 5.92 Å². The molecule has 0 amide bonds. The number of aromatic nitrogens is 6. The minimum Gasteiger partial charge on any atom is -0.436 e. The van der Waals surface area contributed by atoms with Crippen LogP contribution >= 0.6 is 22.7 Å². The first-order chi connectivity index (χ1) is 30.4. The van der Waals surface area contributed by atoms with Crippen LogP contribution in [0.25, 0.3) is 20.4 Å². The maximum Gasteiger partial charge on any atom is 0.263 e. The number of fused-ring (bicyclic) bond motifs is 2. The highest BCUT2D eigenvalue weighted by Gasteiger charge is 2.36. The standard InChI is InChI=1S/C46H44N10O4S2/c1-46(57,30-18-22-55(23-19-30)40-42(48-21-20-47-40)59-34-14-10-31(11-15-34)51-44-53-36-6-2-4-8-38(36)61-44)28-33-29-49-41(56-24-26-58-27-25-56)43(50-33)60-35-16-12-32(13-17-35)52-45-54-37-7-3-5-9-39(37)62-45/h2-17,20-21,29-30,57H,18-19,22-28H2,1H3,(H,51,53)(H,52,54). The molecule has 8 aromatic rings. The summed E-state index contributed by atoms with van der Waals surface area (Å²) < 4.78 is 20.6. The number of aliphatic hydroxyl groups is 1. The average molecular weight is 865 g/mol. The van der Waals surface area contributed by atoms with Gasteiger partial charge in [0.1, 0.15) is 11.5 Å². The first-order valence-corrected chi connectivity index (χ1v) is 22.3. The van der Waals surface area contributed by atoms with E-state index in [2.05, 4.69) is 47.5 Å². The molecular formula is C46H44N10O4S2. The van der Waals surface area contributed by atoms with E-state index in [-0.39, 0.29) is 5.92 Å². The van der Waals surface area contributed by atoms with E-state index in [9.17, 15) is 5.11 Å². The largest absolute Gasteiger partial charge is 0.436 e. The lowest BCUT2D eigenvalue weighted by atomic mass is 9.79. The third kappa shape index (κ3) is 8.95. The van der Waals surface area contributed by atoms with E-state index < -0.39 is 5.60 Å². The molecule has 2 aliphatic rings. The molecule has 0 spiro atoms. The van der Waals surface area contributed by atoms with Crippen LogP contribution < -0.4 is 29.9 Å². The second-order valence-electron chi connectivity index (χ2n) is 15.5. The van der Waals surface area contributed by atoms with E-state index in [1.165, 1.54) is 0 Å². The Morgan fingerprint density at radius 1 is 0.661 bits per heavy atom. The Labute approximate surface area is 366 Å². The number of nitrogens with one attached hydrogen (secondary N) is 2. The Morgan fingerprint density at radius 2 is 1.19 bits per heavy atom. The highest BCUT2D eigenvalue weighted by molar-refractivity contribution is 7.22. The van der Waals surface area contributed by atoms with E-state index in [4.69, 9.17) is 29.2 Å². The SMILES string of the molecule is CC(O)(Cc1cnc(N2CCOCC2)c(Oc2ccc(Nc3nc4ccccc4s3)cc2)n1)C1CCN(c2nccnc2Oc2ccc(Nc3nc4ccccc4s3)cc2)CC1. The molecule has 2 fully saturated rings. The van der Waals surface area contributed by atoms with Gasteiger partial charge in [-0.2, -0.15) is 0 Å². The normalized spacial score (nSPS) is 15.7. The monoisotopic (exact) mass is 864 g/mol. The van der Waals surface area contributed by atoms with Crippen molar-refractivity contribution in [3.8, 4) is 23.3 Å². The number of nitrogens with zero attached hydrogens (tertiary/aromatic N) is 8. The first kappa shape index (κ1) is 39.7. The van der Waals surface area contributed by atoms with Crippen LogP contribution in [0.2, 0.25) is 0 Å². The zero-order valence-corrected chi connectivity index (χ0v) is 35.6. The summed E-state index contributed by atoms with van der Waals surface area (Å²) in [6, 6.07) is 31.6. The van der Waals surface area contributed by atoms with Crippen LogP contribution in [0.4, 0.5) is 33.3 Å². The summed E-state index contributed by atoms with van der Waals surface area (Å²) >= 11 is 3.22. The molecule has 4 aromatic carbocycles. The molecule has 16 heteroatoms. The summed E-state index contributed by atoms with van der Waals surface area (Å²) in [5.41, 5.74) is 3.36. The minimum absolute atomic E-state index is 0.0100. The van der Waals surface area contributed by atoms with Gasteiger partial charge in [-0.3, -0.25) is 0 Å². The third-order valence-electron chi connectivity index (χ3n) is 11.2. The molecule has 3 N–H and O–H groups in total. The number of hydrogen-bond acceptors (Lipinski definition) is 16. The van der Waals surface area contributed by atoms with Crippen molar-refractivity contribution in [3.63, 3.8) is 0 Å². The van der Waals surface area contributed by atoms with Crippen molar-refractivity contribution in [1.29, 1.82) is 0 Å². The van der Waals surface area contributed by atoms with Crippen molar-refractivity contribution in [3.05, 3.63) is 121 Å². The molecule has 0 radical (unpaired) electrons. The fourth-order valence-electron chi connectivity index (χ4n) is 7.91. The topological polar surface area (TPSA) is 156 Å². The van der Waals surface area contributed by atoms with Crippen molar-refractivity contribution < 1.29 is 19.3 Å². The summed E-state index contributed by atoms with van der Waals surface area (Å²) in [6.07, 6.45) is 6.90. The van der Waals surface area contributed by atoms with E-state index in [1.54, 1.807) is 41.3 Å². The van der Waals surface area contributed by atoms with Crippen molar-refractivity contribution in [2.45, 2.75) is 31.8 Å². The van der Waals surface area contributed by atoms with Crippen molar-refractivity contribution >= 4 is 76.4 Å². The van der Waals surface area contributed by atoms with Gasteiger partial charge in [-0.25, -0.2) is 29.9 Å². The summed E-state index contributed by atoms with van der Waals surface area (Å²) in [6.45, 7) is 5.82. The Bertz CT molecular complexity index is 2720. The summed E-state index contributed by atoms with van der Waals surface area (Å²) in [5, 5.41) is 20.5. The van der Waals surface area contributed by atoms with Gasteiger partial charge in [0, 0.05) is 56.4 Å². The molecule has 2 saturated heterocycles. The number of ether oxygens (including phenoxy) is 3. The predicted octanol–water partition coefficient (Wildman–Crippen LogP) is 9.60. The van der Waals surface area contributed by atoms with E-state index in [1.807, 2.05) is 91.9 Å². The second kappa shape index (κ2) is 17.5. The lowest BCUT2D eigenvalue weighted by molar-refractivity contribution is -0.0116. The van der Waals surface area contributed by atoms with Gasteiger partial charge in [0.05, 0.1) is 51.1 Å². The maximum atomic E-state index is 12.0. The van der Waals surface area contributed by atoms with Crippen LogP contribution in [-0.4, -0.2) is 80.0 Å². The maximum absolute atomic E-state index is 12.0. The van der Waals surface area contributed by atoms with Gasteiger partial charge in [-0.15, -0.1) is 0 Å². The number of rotatable bonds is 13. The number of thiazole rings is 2. The van der Waals surface area contributed by atoms with Crippen LogP contribution in [-0.2, 0) is 11.2 Å². The molecule has 4 aromatic heterocycles. The molecule has 0 bridgehead atoms. The number of piperidine rings is 1. The smallest absolute Gasteiger partial charge is 0.263 e. The van der Waals surface area contributed by atoms with Crippen molar-refractivity contribution in [2.75, 3.05) is 59.8 Å². The molecular weight excluding hydrogens is 821 g/mol. The fraction of sp³-hybridized carbons (Fsp3) is 0.261. The van der Waals surface area contributed by atoms with Crippen LogP contribution in [0.15, 0.2) is 116 Å². The Balaban J connectivity index is 0.783. The first-order valence-electron chi connectivity index (χ1n) is 20.7. The highest BCUT2D eigenvalue weighted by atomic mass is 32.1. The number of anilines is 6. The van der Waals surface area contributed by atoms with E-state index in [0.717, 1.165) is 54.9 Å². The number of para-hydroxylation sites is 2. The summed E-state index contributed by atoms with van der Waals surface area (Å²) in [5.74, 6) is 3.45. The molecule has 62 heavy (non-hydrogen) atoms. The average Bonchev–Trinajstić information content (AvgIpc) is 3.91. The Morgan fingerprint density at radius 3 is 1.79 bits per heavy atom. The Hall–Kier alpha value is -6.46. The molecule has 6 heterocycles. The minimum atomic E-state index is -1.05. The number of benzene rings is 4. The predicted molar refractivity (Wildman–Crippen MR) is 245 cm³/mol. The molecule has 10 rings (SSSR count). The fourth-order valence-corrected chi connectivity index (χ4v) is 9.68. The zero-order chi connectivity index (χ0) is 41.9. The van der Waals surface area contributed by atoms with E-state index in [0.29, 0.717) is 86.4 Å². The van der Waals surface area contributed by atoms with Gasteiger partial charge in [-0.05, 0) is 98.5 Å². The van der Waals surface area contributed by atoms with Gasteiger partial charge < -0.3 is 39.8 Å². The molecule has 1 unspecified atom stereocenters. The third-order valence-corrected chi connectivity index (χ3v) is 13.1. The van der Waals surface area contributed by atoms with Crippen LogP contribution in [0.1, 0.15) is 25.5 Å². The number of hydrogen-bond donors (Lipinski definition) is 3. The molecule has 314 valence electrons. The highest BCUT2D eigenvalue weighted by Crippen LogP contribution is 2.38. The lowest BCUT2D eigenvalue weighted by Gasteiger charge is -2.40. The Kier molecular flexibility index (Phi) is 11.2. The van der Waals surface area contributed by atoms with E-state index >= 15 is 0 Å². The van der Waals surface area contributed by atoms with Gasteiger partial charge in [-0.1, -0.05) is 46.9 Å². The van der Waals surface area contributed by atoms with Gasteiger partial charge in [0.25, 0.3) is 11.8 Å². The van der Waals surface area contributed by atoms with Crippen LogP contribution in [0.5, 0.6) is 23.3 Å². The second-order valence-corrected chi connectivity index (χ2v) is 17.6. The van der Waals surface area contributed by atoms with Gasteiger partial charge >= 0.3 is 0 Å². The summed E-state index contributed by atoms with van der Waals surface area (Å²) in [7, 11) is 0. The lowest BCUT2D eigenvalue weighted by Crippen LogP contribution is -2.45. The molecule has 0 aliphatic carbocycles. The molecule has 14 nitrogen and oxygen atoms in total. The molecule has 0 saturated carbocycles. The van der Waals surface area contributed by atoms with Crippen LogP contribution in [0.3, 0.4) is 0 Å². The van der Waals surface area contributed by atoms with Crippen molar-refractivity contribution in [2.24, 2.45) is 5.92 Å². The van der Waals surface area contributed by atoms with Gasteiger partial charge in [0.15, 0.2) is 21.9 Å². The van der Waals surface area contributed by atoms with Gasteiger partial charge in [0.2, 0.25) is 0 Å². The quantitative estimate of drug-likeness (QED) is 0.101. The zero-order valence-electron chi connectivity index (χ0n) is 34.0. The molecule has 1 atom stereocenters. The van der Waals surface area contributed by atoms with Crippen molar-refractivity contribution in [1.82, 2.24) is 29.9 Å².